The molecule has 2 aliphatic rings. The van der Waals surface area contributed by atoms with Crippen LogP contribution in [0.5, 0.6) is 0 Å². The molecule has 5 heteroatoms. The summed E-state index contributed by atoms with van der Waals surface area (Å²) in [4.78, 5) is 24.5. The van der Waals surface area contributed by atoms with Crippen LogP contribution >= 0.6 is 0 Å². The smallest absolute Gasteiger partial charge is 0.410 e. The van der Waals surface area contributed by atoms with Crippen LogP contribution in [0.4, 0.5) is 4.79 Å². The summed E-state index contributed by atoms with van der Waals surface area (Å²) >= 11 is 0. The highest BCUT2D eigenvalue weighted by molar-refractivity contribution is 5.74. The van der Waals surface area contributed by atoms with E-state index in [1.165, 1.54) is 0 Å². The Hall–Kier alpha value is -1.26. The number of piperidine rings is 1. The summed E-state index contributed by atoms with van der Waals surface area (Å²) in [7, 11) is 0. The Bertz CT molecular complexity index is 374. The fraction of sp³-hybridized carbons (Fsp3) is 0.846. The minimum absolute atomic E-state index is 0.242. The number of hydrogen-bond donors (Lipinski definition) is 0. The summed E-state index contributed by atoms with van der Waals surface area (Å²) in [6.45, 7) is 6.61. The van der Waals surface area contributed by atoms with Gasteiger partial charge in [0.2, 0.25) is 0 Å². The van der Waals surface area contributed by atoms with E-state index in [0.29, 0.717) is 19.5 Å². The molecular weight excluding hydrogens is 234 g/mol. The van der Waals surface area contributed by atoms with Crippen LogP contribution in [0, 0.1) is 11.3 Å². The maximum atomic E-state index is 11.9. The van der Waals surface area contributed by atoms with Crippen LogP contribution in [0.1, 0.15) is 40.0 Å². The lowest BCUT2D eigenvalue weighted by molar-refractivity contribution is -0.309. The Morgan fingerprint density at radius 1 is 1.39 bits per heavy atom. The second-order valence-electron chi connectivity index (χ2n) is 6.44. The van der Waals surface area contributed by atoms with Crippen molar-refractivity contribution in [3.05, 3.63) is 0 Å². The zero-order chi connectivity index (χ0) is 13.6. The normalized spacial score (nSPS) is 31.3. The number of aliphatic carboxylic acids is 1. The van der Waals surface area contributed by atoms with E-state index in [4.69, 9.17) is 4.74 Å². The van der Waals surface area contributed by atoms with Gasteiger partial charge in [-0.05, 0) is 45.4 Å². The molecule has 2 fully saturated rings. The molecule has 0 aromatic rings. The summed E-state index contributed by atoms with van der Waals surface area (Å²) in [6.07, 6.45) is 1.99. The number of carbonyl (C=O) groups is 2. The largest absolute Gasteiger partial charge is 0.550 e. The number of likely N-dealkylation sites (tertiary alicyclic amines) is 1. The number of ether oxygens (including phenoxy) is 1. The molecular formula is C13H20NO4-. The molecule has 1 saturated carbocycles. The summed E-state index contributed by atoms with van der Waals surface area (Å²) in [5.74, 6) is -1.37. The average molecular weight is 254 g/mol. The van der Waals surface area contributed by atoms with E-state index in [1.54, 1.807) is 4.90 Å². The molecule has 1 amide bonds. The summed E-state index contributed by atoms with van der Waals surface area (Å²) < 4.78 is 5.32. The predicted octanol–water partition coefficient (Wildman–Crippen LogP) is 0.773. The molecule has 102 valence electrons. The maximum Gasteiger partial charge on any atom is 0.410 e. The lowest BCUT2D eigenvalue weighted by atomic mass is 9.92. The molecule has 0 radical (unpaired) electrons. The lowest BCUT2D eigenvalue weighted by Crippen LogP contribution is -2.45. The minimum Gasteiger partial charge on any atom is -0.550 e. The minimum atomic E-state index is -0.985. The van der Waals surface area contributed by atoms with Crippen LogP contribution in [0.25, 0.3) is 0 Å². The second-order valence-corrected chi connectivity index (χ2v) is 6.44. The number of carboxylic acid groups (broad SMARTS) is 1. The van der Waals surface area contributed by atoms with Crippen LogP contribution in [0.3, 0.4) is 0 Å². The first-order valence-electron chi connectivity index (χ1n) is 6.42. The number of nitrogens with zero attached hydrogens (tertiary/aromatic N) is 1. The average Bonchev–Trinajstić information content (AvgIpc) is 2.90. The molecule has 0 aromatic carbocycles. The van der Waals surface area contributed by atoms with Crippen LogP contribution < -0.4 is 5.11 Å². The third kappa shape index (κ3) is 2.60. The summed E-state index contributed by atoms with van der Waals surface area (Å²) in [5.41, 5.74) is -0.757. The highest BCUT2D eigenvalue weighted by Crippen LogP contribution is 2.57. The van der Waals surface area contributed by atoms with Crippen molar-refractivity contribution in [3.8, 4) is 0 Å². The Morgan fingerprint density at radius 2 is 2.06 bits per heavy atom. The lowest BCUT2D eigenvalue weighted by Gasteiger charge is -2.35. The van der Waals surface area contributed by atoms with E-state index in [0.717, 1.165) is 12.8 Å². The number of carbonyl (C=O) groups excluding carboxylic acids is 2. The zero-order valence-electron chi connectivity index (χ0n) is 11.2. The highest BCUT2D eigenvalue weighted by Gasteiger charge is 2.57. The van der Waals surface area contributed by atoms with Crippen LogP contribution in [0.2, 0.25) is 0 Å². The number of carboxylic acids is 1. The standard InChI is InChI=1S/C13H21NO4/c1-12(2,3)18-11(17)14-6-4-5-13(8-14)7-9(13)10(15)16/h9H,4-8H2,1-3H3,(H,15,16)/p-1. The molecule has 0 aromatic heterocycles. The van der Waals surface area contributed by atoms with Gasteiger partial charge in [-0.2, -0.15) is 0 Å². The molecule has 0 N–H and O–H groups in total. The number of hydrogen-bond acceptors (Lipinski definition) is 4. The van der Waals surface area contributed by atoms with Crippen molar-refractivity contribution >= 4 is 12.1 Å². The molecule has 1 heterocycles. The third-order valence-corrected chi connectivity index (χ3v) is 3.73. The first kappa shape index (κ1) is 13.2. The van der Waals surface area contributed by atoms with Gasteiger partial charge in [0.25, 0.3) is 0 Å². The van der Waals surface area contributed by atoms with E-state index < -0.39 is 11.6 Å². The van der Waals surface area contributed by atoms with Gasteiger partial charge < -0.3 is 19.5 Å². The monoisotopic (exact) mass is 254 g/mol. The molecule has 5 nitrogen and oxygen atoms in total. The van der Waals surface area contributed by atoms with Gasteiger partial charge in [0.15, 0.2) is 0 Å². The SMILES string of the molecule is CC(C)(C)OC(=O)N1CCCC2(CC2C(=O)[O-])C1. The number of rotatable bonds is 1. The molecule has 2 atom stereocenters. The van der Waals surface area contributed by atoms with Crippen molar-refractivity contribution in [2.45, 2.75) is 45.6 Å². The van der Waals surface area contributed by atoms with Gasteiger partial charge in [0.05, 0.1) is 0 Å². The van der Waals surface area contributed by atoms with Crippen molar-refractivity contribution in [3.63, 3.8) is 0 Å². The Kier molecular flexibility index (Phi) is 3.03. The van der Waals surface area contributed by atoms with E-state index in [2.05, 4.69) is 0 Å². The van der Waals surface area contributed by atoms with Gasteiger partial charge in [-0.15, -0.1) is 0 Å². The van der Waals surface area contributed by atoms with Crippen molar-refractivity contribution < 1.29 is 19.4 Å². The fourth-order valence-corrected chi connectivity index (χ4v) is 2.77. The fourth-order valence-electron chi connectivity index (χ4n) is 2.77. The maximum absolute atomic E-state index is 11.9. The molecule has 2 rings (SSSR count). The molecule has 0 bridgehead atoms. The third-order valence-electron chi connectivity index (χ3n) is 3.73. The first-order valence-corrected chi connectivity index (χ1v) is 6.42. The molecule has 1 saturated heterocycles. The van der Waals surface area contributed by atoms with E-state index in [1.807, 2.05) is 20.8 Å². The van der Waals surface area contributed by atoms with E-state index in [-0.39, 0.29) is 17.4 Å². The van der Waals surface area contributed by atoms with Gasteiger partial charge in [0, 0.05) is 25.0 Å². The molecule has 1 spiro atoms. The van der Waals surface area contributed by atoms with Crippen molar-refractivity contribution in [1.29, 1.82) is 0 Å². The van der Waals surface area contributed by atoms with Crippen molar-refractivity contribution in [1.82, 2.24) is 4.90 Å². The van der Waals surface area contributed by atoms with Gasteiger partial charge in [-0.1, -0.05) is 0 Å². The van der Waals surface area contributed by atoms with Gasteiger partial charge in [-0.3, -0.25) is 0 Å². The predicted molar refractivity (Wildman–Crippen MR) is 62.6 cm³/mol. The second kappa shape index (κ2) is 4.14. The Balaban J connectivity index is 1.96. The molecule has 1 aliphatic carbocycles. The summed E-state index contributed by atoms with van der Waals surface area (Å²) in [6, 6.07) is 0. The van der Waals surface area contributed by atoms with Crippen molar-refractivity contribution in [2.75, 3.05) is 13.1 Å². The summed E-state index contributed by atoms with van der Waals surface area (Å²) in [5, 5.41) is 10.9. The van der Waals surface area contributed by atoms with Crippen LogP contribution in [-0.2, 0) is 9.53 Å². The molecule has 2 unspecified atom stereocenters. The first-order chi connectivity index (χ1) is 8.23. The molecule has 18 heavy (non-hydrogen) atoms. The molecule has 1 aliphatic heterocycles. The van der Waals surface area contributed by atoms with E-state index in [9.17, 15) is 14.7 Å². The zero-order valence-corrected chi connectivity index (χ0v) is 11.2. The number of amides is 1. The topological polar surface area (TPSA) is 69.7 Å². The van der Waals surface area contributed by atoms with Gasteiger partial charge >= 0.3 is 6.09 Å². The van der Waals surface area contributed by atoms with Gasteiger partial charge in [-0.25, -0.2) is 4.79 Å². The highest BCUT2D eigenvalue weighted by atomic mass is 16.6. The van der Waals surface area contributed by atoms with Gasteiger partial charge in [0.1, 0.15) is 5.60 Å². The van der Waals surface area contributed by atoms with E-state index >= 15 is 0 Å². The Morgan fingerprint density at radius 3 is 2.56 bits per heavy atom. The van der Waals surface area contributed by atoms with Crippen LogP contribution in [0.15, 0.2) is 0 Å². The quantitative estimate of drug-likeness (QED) is 0.693. The Labute approximate surface area is 107 Å². The van der Waals surface area contributed by atoms with Crippen LogP contribution in [-0.4, -0.2) is 35.7 Å². The van der Waals surface area contributed by atoms with Crippen molar-refractivity contribution in [2.24, 2.45) is 11.3 Å².